The number of hydrogen-bond acceptors (Lipinski definition) is 2. The van der Waals surface area contributed by atoms with Crippen molar-refractivity contribution in [3.63, 3.8) is 0 Å². The summed E-state index contributed by atoms with van der Waals surface area (Å²) in [5.74, 6) is 0.500. The second kappa shape index (κ2) is 7.01. The van der Waals surface area contributed by atoms with Gasteiger partial charge in [0.2, 0.25) is 0 Å². The van der Waals surface area contributed by atoms with Gasteiger partial charge in [0.15, 0.2) is 0 Å². The fraction of sp³-hybridized carbons (Fsp3) is 0.625. The molecule has 1 aliphatic heterocycles. The van der Waals surface area contributed by atoms with Crippen LogP contribution in [0.3, 0.4) is 0 Å². The summed E-state index contributed by atoms with van der Waals surface area (Å²) in [6, 6.07) is 5.00. The number of aryl methyl sites for hydroxylation is 1. The highest BCUT2D eigenvalue weighted by atomic mass is 19.1. The van der Waals surface area contributed by atoms with Crippen LogP contribution >= 0.6 is 0 Å². The highest BCUT2D eigenvalue weighted by Gasteiger charge is 2.14. The van der Waals surface area contributed by atoms with Crippen LogP contribution in [0, 0.1) is 18.7 Å². The maximum Gasteiger partial charge on any atom is 0.123 e. The molecule has 0 aliphatic carbocycles. The van der Waals surface area contributed by atoms with E-state index in [1.807, 2.05) is 13.0 Å². The lowest BCUT2D eigenvalue weighted by Gasteiger charge is -2.20. The zero-order valence-electron chi connectivity index (χ0n) is 12.1. The van der Waals surface area contributed by atoms with Crippen molar-refractivity contribution in [2.45, 2.75) is 33.2 Å². The van der Waals surface area contributed by atoms with Crippen molar-refractivity contribution >= 4 is 0 Å². The molecule has 0 aromatic heterocycles. The van der Waals surface area contributed by atoms with Crippen LogP contribution in [0.1, 0.15) is 30.9 Å². The van der Waals surface area contributed by atoms with E-state index in [1.165, 1.54) is 38.5 Å². The Bertz CT molecular complexity index is 400. The second-order valence-corrected chi connectivity index (χ2v) is 5.81. The molecular formula is C16H25FN2. The van der Waals surface area contributed by atoms with E-state index >= 15 is 0 Å². The Morgan fingerprint density at radius 1 is 1.32 bits per heavy atom. The number of nitrogens with zero attached hydrogens (tertiary/aromatic N) is 1. The zero-order chi connectivity index (χ0) is 13.7. The van der Waals surface area contributed by atoms with Gasteiger partial charge in [-0.3, -0.25) is 0 Å². The van der Waals surface area contributed by atoms with E-state index in [1.54, 1.807) is 6.07 Å². The molecule has 3 heteroatoms. The number of benzene rings is 1. The molecular weight excluding hydrogens is 239 g/mol. The molecule has 0 radical (unpaired) electrons. The summed E-state index contributed by atoms with van der Waals surface area (Å²) < 4.78 is 13.2. The van der Waals surface area contributed by atoms with Gasteiger partial charge in [-0.1, -0.05) is 13.0 Å². The summed E-state index contributed by atoms with van der Waals surface area (Å²) in [4.78, 5) is 2.54. The Hall–Kier alpha value is -0.930. The molecule has 1 heterocycles. The van der Waals surface area contributed by atoms with Crippen molar-refractivity contribution < 1.29 is 4.39 Å². The maximum absolute atomic E-state index is 13.2. The SMILES string of the molecule is Cc1ccc(F)cc1CNCC(C)CN1CCCC1. The quantitative estimate of drug-likeness (QED) is 0.850. The Morgan fingerprint density at radius 2 is 2.05 bits per heavy atom. The lowest BCUT2D eigenvalue weighted by molar-refractivity contribution is 0.282. The predicted molar refractivity (Wildman–Crippen MR) is 77.7 cm³/mol. The predicted octanol–water partition coefficient (Wildman–Crippen LogP) is 2.96. The van der Waals surface area contributed by atoms with Gasteiger partial charge in [0.25, 0.3) is 0 Å². The van der Waals surface area contributed by atoms with E-state index in [4.69, 9.17) is 0 Å². The summed E-state index contributed by atoms with van der Waals surface area (Å²) in [5.41, 5.74) is 2.22. The number of hydrogen-bond donors (Lipinski definition) is 1. The molecule has 0 bridgehead atoms. The third kappa shape index (κ3) is 4.59. The minimum Gasteiger partial charge on any atom is -0.312 e. The van der Waals surface area contributed by atoms with Crippen molar-refractivity contribution in [2.75, 3.05) is 26.2 Å². The molecule has 1 atom stereocenters. The Labute approximate surface area is 116 Å². The first-order valence-electron chi connectivity index (χ1n) is 7.33. The monoisotopic (exact) mass is 264 g/mol. The average Bonchev–Trinajstić information content (AvgIpc) is 2.86. The number of likely N-dealkylation sites (tertiary alicyclic amines) is 1. The van der Waals surface area contributed by atoms with Gasteiger partial charge in [-0.2, -0.15) is 0 Å². The molecule has 2 nitrogen and oxygen atoms in total. The number of halogens is 1. The maximum atomic E-state index is 13.2. The first-order chi connectivity index (χ1) is 9.15. The zero-order valence-corrected chi connectivity index (χ0v) is 12.1. The molecule has 0 spiro atoms. The average molecular weight is 264 g/mol. The van der Waals surface area contributed by atoms with Crippen LogP contribution in [0.2, 0.25) is 0 Å². The van der Waals surface area contributed by atoms with Crippen LogP contribution in [0.15, 0.2) is 18.2 Å². The summed E-state index contributed by atoms with van der Waals surface area (Å²) >= 11 is 0. The summed E-state index contributed by atoms with van der Waals surface area (Å²) in [6.07, 6.45) is 2.70. The smallest absolute Gasteiger partial charge is 0.123 e. The first kappa shape index (κ1) is 14.5. The Kier molecular flexibility index (Phi) is 5.34. The standard InChI is InChI=1S/C16H25FN2/c1-13(12-19-7-3-4-8-19)10-18-11-15-9-16(17)6-5-14(15)2/h5-6,9,13,18H,3-4,7-8,10-12H2,1-2H3. The number of nitrogens with one attached hydrogen (secondary N) is 1. The molecule has 0 saturated carbocycles. The minimum absolute atomic E-state index is 0.146. The highest BCUT2D eigenvalue weighted by Crippen LogP contribution is 2.11. The summed E-state index contributed by atoms with van der Waals surface area (Å²) in [7, 11) is 0. The lowest BCUT2D eigenvalue weighted by atomic mass is 10.1. The summed E-state index contributed by atoms with van der Waals surface area (Å²) in [5, 5.41) is 3.45. The van der Waals surface area contributed by atoms with Gasteiger partial charge in [0, 0.05) is 13.1 Å². The van der Waals surface area contributed by atoms with Crippen LogP contribution in [-0.2, 0) is 6.54 Å². The number of rotatable bonds is 6. The Balaban J connectivity index is 1.71. The minimum atomic E-state index is -0.146. The van der Waals surface area contributed by atoms with Gasteiger partial charge >= 0.3 is 0 Å². The molecule has 1 fully saturated rings. The molecule has 19 heavy (non-hydrogen) atoms. The van der Waals surface area contributed by atoms with Crippen LogP contribution in [-0.4, -0.2) is 31.1 Å². The van der Waals surface area contributed by atoms with E-state index in [0.29, 0.717) is 5.92 Å². The van der Waals surface area contributed by atoms with Gasteiger partial charge in [-0.15, -0.1) is 0 Å². The van der Waals surface area contributed by atoms with E-state index < -0.39 is 0 Å². The molecule has 106 valence electrons. The van der Waals surface area contributed by atoms with Crippen LogP contribution in [0.4, 0.5) is 4.39 Å². The molecule has 1 saturated heterocycles. The molecule has 1 N–H and O–H groups in total. The van der Waals surface area contributed by atoms with Crippen molar-refractivity contribution in [1.82, 2.24) is 10.2 Å². The molecule has 1 aromatic rings. The van der Waals surface area contributed by atoms with Gasteiger partial charge in [-0.05, 0) is 68.6 Å². The van der Waals surface area contributed by atoms with Crippen molar-refractivity contribution in [3.8, 4) is 0 Å². The van der Waals surface area contributed by atoms with Crippen LogP contribution < -0.4 is 5.32 Å². The van der Waals surface area contributed by atoms with Gasteiger partial charge in [0.05, 0.1) is 0 Å². The topological polar surface area (TPSA) is 15.3 Å². The van der Waals surface area contributed by atoms with Crippen LogP contribution in [0.25, 0.3) is 0 Å². The van der Waals surface area contributed by atoms with E-state index in [0.717, 1.165) is 24.2 Å². The van der Waals surface area contributed by atoms with Gasteiger partial charge in [-0.25, -0.2) is 4.39 Å². The second-order valence-electron chi connectivity index (χ2n) is 5.81. The van der Waals surface area contributed by atoms with Gasteiger partial charge < -0.3 is 10.2 Å². The van der Waals surface area contributed by atoms with E-state index in [9.17, 15) is 4.39 Å². The first-order valence-corrected chi connectivity index (χ1v) is 7.33. The van der Waals surface area contributed by atoms with Crippen LogP contribution in [0.5, 0.6) is 0 Å². The largest absolute Gasteiger partial charge is 0.312 e. The Morgan fingerprint density at radius 3 is 2.79 bits per heavy atom. The third-order valence-electron chi connectivity index (χ3n) is 3.89. The fourth-order valence-electron chi connectivity index (χ4n) is 2.75. The molecule has 0 amide bonds. The summed E-state index contributed by atoms with van der Waals surface area (Å²) in [6.45, 7) is 9.75. The van der Waals surface area contributed by atoms with E-state index in [2.05, 4.69) is 17.1 Å². The van der Waals surface area contributed by atoms with Gasteiger partial charge in [0.1, 0.15) is 5.82 Å². The third-order valence-corrected chi connectivity index (χ3v) is 3.89. The van der Waals surface area contributed by atoms with Crippen molar-refractivity contribution in [3.05, 3.63) is 35.1 Å². The molecule has 1 unspecified atom stereocenters. The highest BCUT2D eigenvalue weighted by molar-refractivity contribution is 5.26. The van der Waals surface area contributed by atoms with Crippen molar-refractivity contribution in [1.29, 1.82) is 0 Å². The van der Waals surface area contributed by atoms with E-state index in [-0.39, 0.29) is 5.82 Å². The molecule has 2 rings (SSSR count). The molecule has 1 aliphatic rings. The fourth-order valence-corrected chi connectivity index (χ4v) is 2.75. The normalized spacial score (nSPS) is 17.8. The van der Waals surface area contributed by atoms with Crippen molar-refractivity contribution in [2.24, 2.45) is 5.92 Å². The molecule has 1 aromatic carbocycles. The lowest BCUT2D eigenvalue weighted by Crippen LogP contribution is -2.31.